The van der Waals surface area contributed by atoms with E-state index in [1.54, 1.807) is 17.8 Å². The Morgan fingerprint density at radius 1 is 1.21 bits per heavy atom. The van der Waals surface area contributed by atoms with Crippen LogP contribution in [0, 0.1) is 0 Å². The second-order valence-electron chi connectivity index (χ2n) is 7.07. The number of hydrogen-bond donors (Lipinski definition) is 1. The van der Waals surface area contributed by atoms with Crippen molar-refractivity contribution in [2.45, 2.75) is 12.2 Å². The minimum absolute atomic E-state index is 0.342. The Bertz CT molecular complexity index is 1150. The van der Waals surface area contributed by atoms with Crippen LogP contribution in [0.25, 0.3) is 22.3 Å². The van der Waals surface area contributed by atoms with Gasteiger partial charge in [-0.05, 0) is 25.2 Å². The Labute approximate surface area is 160 Å². The highest BCUT2D eigenvalue weighted by Crippen LogP contribution is 2.31. The summed E-state index contributed by atoms with van der Waals surface area (Å²) in [6.45, 7) is 1.01. The number of anilines is 1. The number of nitrogens with one attached hydrogen (secondary N) is 1. The van der Waals surface area contributed by atoms with Crippen LogP contribution in [0.15, 0.2) is 43.0 Å². The predicted molar refractivity (Wildman–Crippen MR) is 104 cm³/mol. The number of imidazole rings is 1. The normalized spacial score (nSPS) is 20.2. The Morgan fingerprint density at radius 3 is 2.89 bits per heavy atom. The maximum Gasteiger partial charge on any atom is 0.244 e. The Hall–Kier alpha value is -3.20. The molecule has 8 nitrogen and oxygen atoms in total. The lowest BCUT2D eigenvalue weighted by atomic mass is 10.1. The number of nitrogens with zero attached hydrogens (tertiary/aromatic N) is 6. The summed E-state index contributed by atoms with van der Waals surface area (Å²) >= 11 is 0. The molecule has 0 spiro atoms. The zero-order valence-corrected chi connectivity index (χ0v) is 15.6. The van der Waals surface area contributed by atoms with E-state index in [2.05, 4.69) is 20.4 Å². The van der Waals surface area contributed by atoms with Gasteiger partial charge in [0.15, 0.2) is 0 Å². The topological polar surface area (TPSA) is 72.0 Å². The van der Waals surface area contributed by atoms with Crippen molar-refractivity contribution in [3.8, 4) is 17.0 Å². The number of ether oxygens (including phenoxy) is 1. The van der Waals surface area contributed by atoms with Crippen LogP contribution < -0.4 is 10.1 Å². The highest BCUT2D eigenvalue weighted by Gasteiger charge is 2.31. The lowest BCUT2D eigenvalue weighted by molar-refractivity contribution is 0.313. The molecule has 0 bridgehead atoms. The number of likely N-dealkylation sites (N-methyl/N-ethyl adjacent to an activating group) is 1. The van der Waals surface area contributed by atoms with Crippen molar-refractivity contribution in [1.82, 2.24) is 28.9 Å². The van der Waals surface area contributed by atoms with Crippen LogP contribution in [-0.2, 0) is 0 Å². The van der Waals surface area contributed by atoms with E-state index in [1.807, 2.05) is 53.1 Å². The van der Waals surface area contributed by atoms with Gasteiger partial charge >= 0.3 is 0 Å². The minimum Gasteiger partial charge on any atom is -0.479 e. The number of aromatic nitrogens is 5. The standard InChI is InChI=1S/C19H20FN7O/c1-25-10-14(20)15(11-25)22-19-23-18(28-2)17-13(5-7-27(17)24-19)12-3-4-16-21-6-8-26(16)9-12/h3-9,14-15H,10-11H2,1-2H3,(H,22,24)/t14-,15+/m1/s1. The summed E-state index contributed by atoms with van der Waals surface area (Å²) in [5.41, 5.74) is 3.58. The monoisotopic (exact) mass is 381 g/mol. The molecule has 1 fully saturated rings. The van der Waals surface area contributed by atoms with Crippen LogP contribution in [0.3, 0.4) is 0 Å². The van der Waals surface area contributed by atoms with Gasteiger partial charge in [0.1, 0.15) is 17.3 Å². The smallest absolute Gasteiger partial charge is 0.244 e. The number of halogens is 1. The molecule has 28 heavy (non-hydrogen) atoms. The molecule has 2 atom stereocenters. The van der Waals surface area contributed by atoms with Gasteiger partial charge in [-0.3, -0.25) is 0 Å². The summed E-state index contributed by atoms with van der Waals surface area (Å²) in [7, 11) is 3.47. The third kappa shape index (κ3) is 2.75. The van der Waals surface area contributed by atoms with Crippen molar-refractivity contribution in [1.29, 1.82) is 0 Å². The molecule has 5 heterocycles. The van der Waals surface area contributed by atoms with Crippen LogP contribution in [0.1, 0.15) is 0 Å². The van der Waals surface area contributed by atoms with Crippen molar-refractivity contribution >= 4 is 17.1 Å². The molecule has 1 aliphatic heterocycles. The number of likely N-dealkylation sites (tertiary alicyclic amines) is 1. The van der Waals surface area contributed by atoms with Crippen LogP contribution >= 0.6 is 0 Å². The molecule has 1 saturated heterocycles. The molecular formula is C19H20FN7O. The molecule has 0 aromatic carbocycles. The van der Waals surface area contributed by atoms with Crippen LogP contribution in [-0.4, -0.2) is 68.3 Å². The first-order valence-electron chi connectivity index (χ1n) is 9.08. The van der Waals surface area contributed by atoms with E-state index < -0.39 is 6.17 Å². The number of alkyl halides is 1. The lowest BCUT2D eigenvalue weighted by Gasteiger charge is -2.15. The summed E-state index contributed by atoms with van der Waals surface area (Å²) < 4.78 is 23.4. The van der Waals surface area contributed by atoms with E-state index in [1.165, 1.54) is 0 Å². The number of methoxy groups -OCH3 is 1. The maximum absolute atomic E-state index is 14.1. The van der Waals surface area contributed by atoms with Gasteiger partial charge < -0.3 is 19.4 Å². The van der Waals surface area contributed by atoms with Gasteiger partial charge in [0, 0.05) is 49.0 Å². The summed E-state index contributed by atoms with van der Waals surface area (Å²) in [6, 6.07) is 5.59. The summed E-state index contributed by atoms with van der Waals surface area (Å²) in [5, 5.41) is 7.62. The van der Waals surface area contributed by atoms with Gasteiger partial charge in [0.2, 0.25) is 11.8 Å². The maximum atomic E-state index is 14.1. The quantitative estimate of drug-likeness (QED) is 0.584. The third-order valence-corrected chi connectivity index (χ3v) is 5.12. The molecule has 9 heteroatoms. The molecule has 0 saturated carbocycles. The largest absolute Gasteiger partial charge is 0.479 e. The second-order valence-corrected chi connectivity index (χ2v) is 7.07. The van der Waals surface area contributed by atoms with E-state index in [0.29, 0.717) is 24.9 Å². The van der Waals surface area contributed by atoms with Crippen molar-refractivity contribution in [2.75, 3.05) is 32.6 Å². The predicted octanol–water partition coefficient (Wildman–Crippen LogP) is 2.12. The van der Waals surface area contributed by atoms with Gasteiger partial charge in [0.05, 0.1) is 13.2 Å². The Morgan fingerprint density at radius 2 is 2.11 bits per heavy atom. The first-order chi connectivity index (χ1) is 13.6. The molecule has 0 aliphatic carbocycles. The SMILES string of the molecule is COc1nc(N[C@H]2CN(C)C[C@H]2F)nn2ccc(-c3ccc4nccn4c3)c12. The lowest BCUT2D eigenvalue weighted by Crippen LogP contribution is -2.30. The number of hydrogen-bond acceptors (Lipinski definition) is 6. The van der Waals surface area contributed by atoms with Crippen LogP contribution in [0.5, 0.6) is 5.88 Å². The molecule has 1 aliphatic rings. The van der Waals surface area contributed by atoms with E-state index >= 15 is 0 Å². The summed E-state index contributed by atoms with van der Waals surface area (Å²) in [6.07, 6.45) is 6.56. The fourth-order valence-corrected chi connectivity index (χ4v) is 3.76. The van der Waals surface area contributed by atoms with Crippen molar-refractivity contribution in [2.24, 2.45) is 0 Å². The zero-order chi connectivity index (χ0) is 19.3. The Kier molecular flexibility index (Phi) is 3.90. The number of rotatable bonds is 4. The average molecular weight is 381 g/mol. The van der Waals surface area contributed by atoms with E-state index in [-0.39, 0.29) is 6.04 Å². The van der Waals surface area contributed by atoms with Gasteiger partial charge in [-0.2, -0.15) is 4.98 Å². The molecule has 144 valence electrons. The first-order valence-corrected chi connectivity index (χ1v) is 9.08. The summed E-state index contributed by atoms with van der Waals surface area (Å²) in [5.74, 6) is 0.782. The van der Waals surface area contributed by atoms with Gasteiger partial charge in [-0.25, -0.2) is 13.9 Å². The van der Waals surface area contributed by atoms with Crippen molar-refractivity contribution in [3.05, 3.63) is 43.0 Å². The molecule has 4 aromatic heterocycles. The fraction of sp³-hybridized carbons (Fsp3) is 0.316. The molecule has 0 unspecified atom stereocenters. The third-order valence-electron chi connectivity index (χ3n) is 5.12. The molecule has 1 N–H and O–H groups in total. The van der Waals surface area contributed by atoms with Gasteiger partial charge in [-0.1, -0.05) is 0 Å². The molecule has 0 amide bonds. The van der Waals surface area contributed by atoms with Gasteiger partial charge in [-0.15, -0.1) is 5.10 Å². The number of pyridine rings is 1. The zero-order valence-electron chi connectivity index (χ0n) is 15.6. The first kappa shape index (κ1) is 16.9. The average Bonchev–Trinajstić information content (AvgIpc) is 3.39. The number of fused-ring (bicyclic) bond motifs is 2. The highest BCUT2D eigenvalue weighted by atomic mass is 19.1. The van der Waals surface area contributed by atoms with E-state index in [4.69, 9.17) is 4.74 Å². The molecule has 0 radical (unpaired) electrons. The molecular weight excluding hydrogens is 361 g/mol. The Balaban J connectivity index is 1.55. The van der Waals surface area contributed by atoms with Crippen molar-refractivity contribution in [3.63, 3.8) is 0 Å². The summed E-state index contributed by atoms with van der Waals surface area (Å²) in [4.78, 5) is 10.7. The van der Waals surface area contributed by atoms with Crippen molar-refractivity contribution < 1.29 is 9.13 Å². The van der Waals surface area contributed by atoms with Crippen LogP contribution in [0.2, 0.25) is 0 Å². The highest BCUT2D eigenvalue weighted by molar-refractivity contribution is 5.84. The van der Waals surface area contributed by atoms with Gasteiger partial charge in [0.25, 0.3) is 0 Å². The molecule has 5 rings (SSSR count). The van der Waals surface area contributed by atoms with E-state index in [0.717, 1.165) is 22.3 Å². The molecule has 4 aromatic rings. The van der Waals surface area contributed by atoms with E-state index in [9.17, 15) is 4.39 Å². The second kappa shape index (κ2) is 6.45. The minimum atomic E-state index is -0.961. The fourth-order valence-electron chi connectivity index (χ4n) is 3.76. The van der Waals surface area contributed by atoms with Crippen LogP contribution in [0.4, 0.5) is 10.3 Å².